The van der Waals surface area contributed by atoms with Gasteiger partial charge >= 0.3 is 5.97 Å². The third-order valence-electron chi connectivity index (χ3n) is 5.97. The van der Waals surface area contributed by atoms with E-state index in [0.29, 0.717) is 18.2 Å². The molecule has 176 valence electrons. The first-order valence-electron chi connectivity index (χ1n) is 11.4. The maximum absolute atomic E-state index is 13.3. The molecule has 3 aromatic carbocycles. The molecule has 0 aromatic heterocycles. The number of aliphatic imine (C=N–C) groups is 1. The van der Waals surface area contributed by atoms with E-state index < -0.39 is 5.97 Å². The van der Waals surface area contributed by atoms with Crippen LogP contribution in [-0.4, -0.2) is 48.1 Å². The fourth-order valence-electron chi connectivity index (χ4n) is 4.05. The van der Waals surface area contributed by atoms with Crippen LogP contribution in [0.5, 0.6) is 0 Å². The van der Waals surface area contributed by atoms with Gasteiger partial charge in [0.25, 0.3) is 0 Å². The molecule has 4 rings (SSSR count). The highest BCUT2D eigenvalue weighted by atomic mass is 19.1. The summed E-state index contributed by atoms with van der Waals surface area (Å²) in [6, 6.07) is 19.5. The first kappa shape index (κ1) is 23.3. The molecule has 1 aliphatic heterocycles. The van der Waals surface area contributed by atoms with E-state index in [4.69, 9.17) is 4.99 Å². The van der Waals surface area contributed by atoms with E-state index in [1.54, 1.807) is 30.3 Å². The second-order valence-electron chi connectivity index (χ2n) is 8.54. The molecule has 0 bridgehead atoms. The van der Waals surface area contributed by atoms with E-state index in [0.717, 1.165) is 31.7 Å². The van der Waals surface area contributed by atoms with Crippen molar-refractivity contribution in [3.63, 3.8) is 0 Å². The number of nitrogens with zero attached hydrogens (tertiary/aromatic N) is 3. The van der Waals surface area contributed by atoms with Crippen molar-refractivity contribution in [2.75, 3.05) is 36.4 Å². The number of benzene rings is 3. The maximum atomic E-state index is 13.3. The number of rotatable bonds is 5. The quantitative estimate of drug-likeness (QED) is 0.417. The van der Waals surface area contributed by atoms with Crippen molar-refractivity contribution in [2.24, 2.45) is 4.99 Å². The van der Waals surface area contributed by atoms with Crippen molar-refractivity contribution >= 4 is 23.3 Å². The van der Waals surface area contributed by atoms with Gasteiger partial charge in [0.05, 0.1) is 12.1 Å². The van der Waals surface area contributed by atoms with Crippen LogP contribution in [0.25, 0.3) is 0 Å². The Morgan fingerprint density at radius 3 is 2.44 bits per heavy atom. The molecule has 0 spiro atoms. The maximum Gasteiger partial charge on any atom is 0.335 e. The van der Waals surface area contributed by atoms with E-state index >= 15 is 0 Å². The summed E-state index contributed by atoms with van der Waals surface area (Å²) in [5, 5.41) is 12.7. The van der Waals surface area contributed by atoms with Crippen LogP contribution < -0.4 is 10.2 Å². The number of anilines is 2. The normalized spacial score (nSPS) is 14.3. The second kappa shape index (κ2) is 10.4. The third kappa shape index (κ3) is 5.73. The Morgan fingerprint density at radius 2 is 1.74 bits per heavy atom. The summed E-state index contributed by atoms with van der Waals surface area (Å²) < 4.78 is 13.3. The number of nitrogens with one attached hydrogen (secondary N) is 1. The molecule has 0 aliphatic carbocycles. The fourth-order valence-corrected chi connectivity index (χ4v) is 4.05. The minimum Gasteiger partial charge on any atom is -0.478 e. The third-order valence-corrected chi connectivity index (χ3v) is 5.97. The van der Waals surface area contributed by atoms with E-state index in [9.17, 15) is 14.3 Å². The molecule has 34 heavy (non-hydrogen) atoms. The van der Waals surface area contributed by atoms with Gasteiger partial charge in [0, 0.05) is 37.6 Å². The number of halogens is 1. The number of hydrogen-bond acceptors (Lipinski definition) is 3. The zero-order chi connectivity index (χ0) is 24.1. The van der Waals surface area contributed by atoms with Gasteiger partial charge in [-0.15, -0.1) is 0 Å². The van der Waals surface area contributed by atoms with Gasteiger partial charge in [-0.05, 0) is 66.9 Å². The molecule has 6 nitrogen and oxygen atoms in total. The monoisotopic (exact) mass is 460 g/mol. The number of carboxylic acids is 1. The van der Waals surface area contributed by atoms with Crippen LogP contribution in [0.3, 0.4) is 0 Å². The largest absolute Gasteiger partial charge is 0.478 e. The summed E-state index contributed by atoms with van der Waals surface area (Å²) in [6.45, 7) is 7.84. The first-order chi connectivity index (χ1) is 16.4. The summed E-state index contributed by atoms with van der Waals surface area (Å²) in [5.41, 5.74) is 5.52. The zero-order valence-electron chi connectivity index (χ0n) is 19.5. The van der Waals surface area contributed by atoms with E-state index in [-0.39, 0.29) is 11.4 Å². The average Bonchev–Trinajstić information content (AvgIpc) is 2.84. The topological polar surface area (TPSA) is 68.2 Å². The Kier molecular flexibility index (Phi) is 7.11. The lowest BCUT2D eigenvalue weighted by atomic mass is 10.1. The number of hydrogen-bond donors (Lipinski definition) is 2. The van der Waals surface area contributed by atoms with Gasteiger partial charge in [0.15, 0.2) is 5.96 Å². The van der Waals surface area contributed by atoms with E-state index in [1.165, 1.54) is 28.9 Å². The molecule has 0 unspecified atom stereocenters. The van der Waals surface area contributed by atoms with Crippen LogP contribution in [0.1, 0.15) is 27.0 Å². The predicted octanol–water partition coefficient (Wildman–Crippen LogP) is 4.93. The molecule has 1 aliphatic rings. The summed E-state index contributed by atoms with van der Waals surface area (Å²) in [7, 11) is 0. The summed E-state index contributed by atoms with van der Waals surface area (Å²) in [6.07, 6.45) is 0. The molecule has 3 aromatic rings. The Balaban J connectivity index is 1.53. The molecular formula is C27H29FN4O2. The molecule has 1 heterocycles. The van der Waals surface area contributed by atoms with Gasteiger partial charge in [0.1, 0.15) is 5.82 Å². The molecule has 7 heteroatoms. The molecule has 2 N–H and O–H groups in total. The van der Waals surface area contributed by atoms with Crippen molar-refractivity contribution in [3.8, 4) is 0 Å². The van der Waals surface area contributed by atoms with Crippen LogP contribution in [0.15, 0.2) is 71.7 Å². The molecule has 0 atom stereocenters. The van der Waals surface area contributed by atoms with Gasteiger partial charge in [-0.2, -0.15) is 0 Å². The van der Waals surface area contributed by atoms with Crippen molar-refractivity contribution < 1.29 is 14.3 Å². The van der Waals surface area contributed by atoms with Crippen molar-refractivity contribution in [3.05, 3.63) is 94.8 Å². The molecule has 0 radical (unpaired) electrons. The molecule has 1 saturated heterocycles. The lowest BCUT2D eigenvalue weighted by molar-refractivity contribution is 0.0697. The lowest BCUT2D eigenvalue weighted by Crippen LogP contribution is -2.51. The Labute approximate surface area is 199 Å². The number of carboxylic acid groups (broad SMARTS) is 1. The lowest BCUT2D eigenvalue weighted by Gasteiger charge is -2.38. The molecule has 0 saturated carbocycles. The average molecular weight is 461 g/mol. The van der Waals surface area contributed by atoms with Gasteiger partial charge in [-0.3, -0.25) is 0 Å². The Bertz CT molecular complexity index is 1190. The standard InChI is InChI=1S/C27H29FN4O2/c1-19-6-7-20(2)25(16-19)31-12-14-32(15-13-31)27(29-18-21-8-10-23(28)11-9-21)30-24-5-3-4-22(17-24)26(33)34/h3-11,16-17H,12-15,18H2,1-2H3,(H,29,30)(H,33,34). The molecular weight excluding hydrogens is 431 g/mol. The number of aromatic carboxylic acids is 1. The van der Waals surface area contributed by atoms with Crippen LogP contribution in [0.2, 0.25) is 0 Å². The Hall–Kier alpha value is -3.87. The SMILES string of the molecule is Cc1ccc(C)c(N2CCN(C(=NCc3ccc(F)cc3)Nc3cccc(C(=O)O)c3)CC2)c1. The van der Waals surface area contributed by atoms with E-state index in [2.05, 4.69) is 47.2 Å². The Morgan fingerprint density at radius 1 is 1.00 bits per heavy atom. The smallest absolute Gasteiger partial charge is 0.335 e. The minimum absolute atomic E-state index is 0.211. The van der Waals surface area contributed by atoms with Gasteiger partial charge in [-0.1, -0.05) is 30.3 Å². The predicted molar refractivity (Wildman–Crippen MR) is 134 cm³/mol. The summed E-state index contributed by atoms with van der Waals surface area (Å²) in [5.74, 6) is -0.581. The number of guanidine groups is 1. The van der Waals surface area contributed by atoms with Gasteiger partial charge < -0.3 is 20.2 Å². The molecule has 1 fully saturated rings. The van der Waals surface area contributed by atoms with E-state index in [1.807, 2.05) is 6.07 Å². The summed E-state index contributed by atoms with van der Waals surface area (Å²) >= 11 is 0. The van der Waals surface area contributed by atoms with Crippen LogP contribution in [0.4, 0.5) is 15.8 Å². The number of aryl methyl sites for hydroxylation is 2. The zero-order valence-corrected chi connectivity index (χ0v) is 19.5. The van der Waals surface area contributed by atoms with Gasteiger partial charge in [-0.25, -0.2) is 14.2 Å². The highest BCUT2D eigenvalue weighted by Gasteiger charge is 2.21. The number of carbonyl (C=O) groups is 1. The second-order valence-corrected chi connectivity index (χ2v) is 8.54. The molecule has 0 amide bonds. The minimum atomic E-state index is -0.976. The van der Waals surface area contributed by atoms with Gasteiger partial charge in [0.2, 0.25) is 0 Å². The van der Waals surface area contributed by atoms with Crippen LogP contribution in [0, 0.1) is 19.7 Å². The first-order valence-corrected chi connectivity index (χ1v) is 11.4. The highest BCUT2D eigenvalue weighted by Crippen LogP contribution is 2.23. The van der Waals surface area contributed by atoms with Crippen LogP contribution >= 0.6 is 0 Å². The number of piperazine rings is 1. The van der Waals surface area contributed by atoms with Crippen LogP contribution in [-0.2, 0) is 6.54 Å². The van der Waals surface area contributed by atoms with Crippen molar-refractivity contribution in [1.29, 1.82) is 0 Å². The van der Waals surface area contributed by atoms with Crippen molar-refractivity contribution in [1.82, 2.24) is 4.90 Å². The highest BCUT2D eigenvalue weighted by molar-refractivity contribution is 5.96. The fraction of sp³-hybridized carbons (Fsp3) is 0.259. The van der Waals surface area contributed by atoms with Crippen molar-refractivity contribution in [2.45, 2.75) is 20.4 Å². The summed E-state index contributed by atoms with van der Waals surface area (Å²) in [4.78, 5) is 20.8.